The third-order valence-corrected chi connectivity index (χ3v) is 3.47. The van der Waals surface area contributed by atoms with Crippen LogP contribution in [-0.2, 0) is 12.8 Å². The average molecular weight is 274 g/mol. The van der Waals surface area contributed by atoms with Crippen molar-refractivity contribution in [1.29, 1.82) is 0 Å². The molecule has 2 aromatic carbocycles. The third kappa shape index (κ3) is 4.60. The number of nitrogens with one attached hydrogen (secondary N) is 1. The standard InChI is InChI=1S/C17H20ClN/c1-2-14-5-3-7-17(13-14)19-12-4-6-15-8-10-16(18)11-9-15/h3,5,7-11,13,19H,2,4,6,12H2,1H3. The number of benzene rings is 2. The van der Waals surface area contributed by atoms with E-state index in [9.17, 15) is 0 Å². The molecule has 2 heteroatoms. The second-order valence-electron chi connectivity index (χ2n) is 4.71. The van der Waals surface area contributed by atoms with Crippen molar-refractivity contribution in [1.82, 2.24) is 0 Å². The molecule has 0 aliphatic rings. The number of anilines is 1. The van der Waals surface area contributed by atoms with Gasteiger partial charge in [0.2, 0.25) is 0 Å². The lowest BCUT2D eigenvalue weighted by Gasteiger charge is -2.08. The lowest BCUT2D eigenvalue weighted by molar-refractivity contribution is 0.863. The normalized spacial score (nSPS) is 10.4. The largest absolute Gasteiger partial charge is 0.385 e. The average Bonchev–Trinajstić information content (AvgIpc) is 2.46. The van der Waals surface area contributed by atoms with E-state index >= 15 is 0 Å². The first-order valence-corrected chi connectivity index (χ1v) is 7.23. The van der Waals surface area contributed by atoms with E-state index in [0.29, 0.717) is 0 Å². The van der Waals surface area contributed by atoms with Crippen molar-refractivity contribution in [2.75, 3.05) is 11.9 Å². The summed E-state index contributed by atoms with van der Waals surface area (Å²) in [6, 6.07) is 16.7. The summed E-state index contributed by atoms with van der Waals surface area (Å²) in [5, 5.41) is 4.28. The molecule has 0 bridgehead atoms. The number of aryl methyl sites for hydroxylation is 2. The molecular weight excluding hydrogens is 254 g/mol. The van der Waals surface area contributed by atoms with Gasteiger partial charge in [-0.1, -0.05) is 42.8 Å². The van der Waals surface area contributed by atoms with Crippen LogP contribution in [0.5, 0.6) is 0 Å². The molecule has 2 rings (SSSR count). The Morgan fingerprint density at radius 2 is 1.79 bits per heavy atom. The molecule has 1 N–H and O–H groups in total. The van der Waals surface area contributed by atoms with Crippen LogP contribution in [0, 0.1) is 0 Å². The molecule has 0 aliphatic carbocycles. The van der Waals surface area contributed by atoms with Crippen LogP contribution < -0.4 is 5.32 Å². The van der Waals surface area contributed by atoms with Gasteiger partial charge in [0.05, 0.1) is 0 Å². The molecule has 1 nitrogen and oxygen atoms in total. The highest BCUT2D eigenvalue weighted by molar-refractivity contribution is 6.30. The molecule has 0 spiro atoms. The summed E-state index contributed by atoms with van der Waals surface area (Å²) >= 11 is 5.87. The highest BCUT2D eigenvalue weighted by Crippen LogP contribution is 2.13. The fourth-order valence-corrected chi connectivity index (χ4v) is 2.20. The van der Waals surface area contributed by atoms with Crippen LogP contribution in [0.4, 0.5) is 5.69 Å². The summed E-state index contributed by atoms with van der Waals surface area (Å²) in [5.41, 5.74) is 3.94. The van der Waals surface area contributed by atoms with Gasteiger partial charge in [-0.2, -0.15) is 0 Å². The van der Waals surface area contributed by atoms with E-state index in [1.54, 1.807) is 0 Å². The predicted octanol–water partition coefficient (Wildman–Crippen LogP) is 4.95. The fourth-order valence-electron chi connectivity index (χ4n) is 2.08. The Morgan fingerprint density at radius 1 is 1.00 bits per heavy atom. The van der Waals surface area contributed by atoms with Gasteiger partial charge in [0.25, 0.3) is 0 Å². The topological polar surface area (TPSA) is 12.0 Å². The Morgan fingerprint density at radius 3 is 2.53 bits per heavy atom. The van der Waals surface area contributed by atoms with Crippen molar-refractivity contribution in [3.63, 3.8) is 0 Å². The minimum absolute atomic E-state index is 0.804. The molecule has 0 unspecified atom stereocenters. The molecule has 19 heavy (non-hydrogen) atoms. The SMILES string of the molecule is CCc1cccc(NCCCc2ccc(Cl)cc2)c1. The van der Waals surface area contributed by atoms with E-state index < -0.39 is 0 Å². The molecule has 0 saturated carbocycles. The van der Waals surface area contributed by atoms with E-state index in [2.05, 4.69) is 48.6 Å². The Bertz CT molecular complexity index is 505. The van der Waals surface area contributed by atoms with Crippen LogP contribution in [0.15, 0.2) is 48.5 Å². The summed E-state index contributed by atoms with van der Waals surface area (Å²) < 4.78 is 0. The zero-order valence-corrected chi connectivity index (χ0v) is 12.1. The highest BCUT2D eigenvalue weighted by atomic mass is 35.5. The second-order valence-corrected chi connectivity index (χ2v) is 5.15. The van der Waals surface area contributed by atoms with Gasteiger partial charge in [-0.05, 0) is 54.7 Å². The van der Waals surface area contributed by atoms with Crippen LogP contribution in [0.2, 0.25) is 5.02 Å². The van der Waals surface area contributed by atoms with Crippen molar-refractivity contribution in [2.45, 2.75) is 26.2 Å². The predicted molar refractivity (Wildman–Crippen MR) is 84.1 cm³/mol. The molecular formula is C17H20ClN. The van der Waals surface area contributed by atoms with Crippen molar-refractivity contribution in [2.24, 2.45) is 0 Å². The number of rotatable bonds is 6. The summed E-state index contributed by atoms with van der Waals surface area (Å²) in [5.74, 6) is 0. The van der Waals surface area contributed by atoms with Crippen molar-refractivity contribution >= 4 is 17.3 Å². The van der Waals surface area contributed by atoms with Crippen molar-refractivity contribution < 1.29 is 0 Å². The van der Waals surface area contributed by atoms with E-state index in [4.69, 9.17) is 11.6 Å². The fraction of sp³-hybridized carbons (Fsp3) is 0.294. The summed E-state index contributed by atoms with van der Waals surface area (Å²) in [6.45, 7) is 3.18. The first-order chi connectivity index (χ1) is 9.28. The molecule has 100 valence electrons. The van der Waals surface area contributed by atoms with E-state index in [-0.39, 0.29) is 0 Å². The minimum atomic E-state index is 0.804. The molecule has 0 radical (unpaired) electrons. The Labute approximate surface area is 120 Å². The second kappa shape index (κ2) is 7.20. The molecule has 0 saturated heterocycles. The first kappa shape index (κ1) is 14.0. The first-order valence-electron chi connectivity index (χ1n) is 6.85. The maximum absolute atomic E-state index is 5.87. The molecule has 0 atom stereocenters. The van der Waals surface area contributed by atoms with Gasteiger partial charge >= 0.3 is 0 Å². The maximum atomic E-state index is 5.87. The van der Waals surface area contributed by atoms with Crippen LogP contribution in [0.3, 0.4) is 0 Å². The highest BCUT2D eigenvalue weighted by Gasteiger charge is 1.96. The van der Waals surface area contributed by atoms with Crippen LogP contribution >= 0.6 is 11.6 Å². The molecule has 0 aromatic heterocycles. The lowest BCUT2D eigenvalue weighted by atomic mass is 10.1. The van der Waals surface area contributed by atoms with Crippen LogP contribution in [0.25, 0.3) is 0 Å². The lowest BCUT2D eigenvalue weighted by Crippen LogP contribution is -2.03. The van der Waals surface area contributed by atoms with E-state index in [1.165, 1.54) is 16.8 Å². The van der Waals surface area contributed by atoms with Gasteiger partial charge < -0.3 is 5.32 Å². The summed E-state index contributed by atoms with van der Waals surface area (Å²) in [4.78, 5) is 0. The quantitative estimate of drug-likeness (QED) is 0.735. The van der Waals surface area contributed by atoms with Crippen LogP contribution in [-0.4, -0.2) is 6.54 Å². The zero-order chi connectivity index (χ0) is 13.5. The molecule has 0 fully saturated rings. The molecule has 2 aromatic rings. The van der Waals surface area contributed by atoms with Gasteiger partial charge in [-0.25, -0.2) is 0 Å². The monoisotopic (exact) mass is 273 g/mol. The van der Waals surface area contributed by atoms with E-state index in [1.807, 2.05) is 12.1 Å². The Hall–Kier alpha value is -1.47. The smallest absolute Gasteiger partial charge is 0.0406 e. The summed E-state index contributed by atoms with van der Waals surface area (Å²) in [7, 11) is 0. The molecule has 0 amide bonds. The maximum Gasteiger partial charge on any atom is 0.0406 e. The van der Waals surface area contributed by atoms with Crippen molar-refractivity contribution in [3.05, 3.63) is 64.7 Å². The number of hydrogen-bond acceptors (Lipinski definition) is 1. The minimum Gasteiger partial charge on any atom is -0.385 e. The zero-order valence-electron chi connectivity index (χ0n) is 11.3. The summed E-state index contributed by atoms with van der Waals surface area (Å²) in [6.07, 6.45) is 3.29. The molecule has 0 heterocycles. The van der Waals surface area contributed by atoms with Crippen molar-refractivity contribution in [3.8, 4) is 0 Å². The number of halogens is 1. The Balaban J connectivity index is 1.75. The number of hydrogen-bond donors (Lipinski definition) is 1. The van der Waals surface area contributed by atoms with Gasteiger partial charge in [0.1, 0.15) is 0 Å². The van der Waals surface area contributed by atoms with E-state index in [0.717, 1.165) is 30.8 Å². The van der Waals surface area contributed by atoms with Gasteiger partial charge in [-0.3, -0.25) is 0 Å². The van der Waals surface area contributed by atoms with Gasteiger partial charge in [-0.15, -0.1) is 0 Å². The van der Waals surface area contributed by atoms with Gasteiger partial charge in [0.15, 0.2) is 0 Å². The third-order valence-electron chi connectivity index (χ3n) is 3.22. The Kier molecular flexibility index (Phi) is 5.29. The van der Waals surface area contributed by atoms with Crippen LogP contribution in [0.1, 0.15) is 24.5 Å². The van der Waals surface area contributed by atoms with Gasteiger partial charge in [0, 0.05) is 17.3 Å². The molecule has 0 aliphatic heterocycles.